The van der Waals surface area contributed by atoms with Crippen LogP contribution in [0.5, 0.6) is 5.75 Å². The third-order valence-corrected chi connectivity index (χ3v) is 2.68. The maximum absolute atomic E-state index is 11.6. The summed E-state index contributed by atoms with van der Waals surface area (Å²) in [6.07, 6.45) is 3.05. The van der Waals surface area contributed by atoms with E-state index in [0.29, 0.717) is 12.3 Å². The number of rotatable bonds is 7. The van der Waals surface area contributed by atoms with Crippen molar-refractivity contribution in [2.24, 2.45) is 0 Å². The second-order valence-corrected chi connectivity index (χ2v) is 4.81. The Morgan fingerprint density at radius 1 is 1.17 bits per heavy atom. The van der Waals surface area contributed by atoms with Gasteiger partial charge in [-0.3, -0.25) is 10.1 Å². The lowest BCUT2D eigenvalue weighted by molar-refractivity contribution is -0.137. The maximum atomic E-state index is 11.6. The van der Waals surface area contributed by atoms with Crippen LogP contribution in [-0.4, -0.2) is 30.2 Å². The lowest BCUT2D eigenvalue weighted by Gasteiger charge is -2.09. The van der Waals surface area contributed by atoms with E-state index >= 15 is 0 Å². The second-order valence-electron chi connectivity index (χ2n) is 4.40. The zero-order valence-corrected chi connectivity index (χ0v) is 13.9. The van der Waals surface area contributed by atoms with Crippen LogP contribution in [0.3, 0.4) is 0 Å². The number of ether oxygens (including phenoxy) is 2. The summed E-state index contributed by atoms with van der Waals surface area (Å²) >= 11 is 5.02. The molecule has 0 aromatic heterocycles. The minimum atomic E-state index is -0.579. The van der Waals surface area contributed by atoms with Crippen LogP contribution >= 0.6 is 12.2 Å². The molecule has 0 atom stereocenters. The molecule has 0 saturated carbocycles. The van der Waals surface area contributed by atoms with Gasteiger partial charge < -0.3 is 14.8 Å². The van der Waals surface area contributed by atoms with Crippen molar-refractivity contribution in [1.29, 1.82) is 0 Å². The van der Waals surface area contributed by atoms with Gasteiger partial charge in [0.05, 0.1) is 13.2 Å². The molecule has 0 saturated heterocycles. The molecule has 0 aliphatic heterocycles. The van der Waals surface area contributed by atoms with Gasteiger partial charge in [-0.05, 0) is 49.8 Å². The van der Waals surface area contributed by atoms with E-state index in [2.05, 4.69) is 15.4 Å². The first-order valence-corrected chi connectivity index (χ1v) is 7.65. The van der Waals surface area contributed by atoms with Crippen molar-refractivity contribution in [2.75, 3.05) is 18.5 Å². The topological polar surface area (TPSA) is 76.7 Å². The molecule has 1 amide bonds. The molecule has 6 nitrogen and oxygen atoms in total. The molecule has 0 unspecified atom stereocenters. The average molecular weight is 336 g/mol. The second kappa shape index (κ2) is 10.3. The van der Waals surface area contributed by atoms with E-state index in [0.717, 1.165) is 24.3 Å². The van der Waals surface area contributed by atoms with E-state index in [1.165, 1.54) is 0 Å². The highest BCUT2D eigenvalue weighted by molar-refractivity contribution is 7.80. The summed E-state index contributed by atoms with van der Waals surface area (Å²) in [6.45, 7) is 4.63. The van der Waals surface area contributed by atoms with Crippen LogP contribution in [0.25, 0.3) is 0 Å². The smallest absolute Gasteiger partial charge is 0.330 e. The number of hydrogen-bond donors (Lipinski definition) is 2. The molecule has 0 spiro atoms. The summed E-state index contributed by atoms with van der Waals surface area (Å²) in [5.41, 5.74) is 0.716. The molecule has 124 valence electrons. The molecule has 23 heavy (non-hydrogen) atoms. The van der Waals surface area contributed by atoms with E-state index < -0.39 is 11.9 Å². The molecule has 0 fully saturated rings. The van der Waals surface area contributed by atoms with Gasteiger partial charge in [-0.1, -0.05) is 6.92 Å². The molecule has 2 N–H and O–H groups in total. The van der Waals surface area contributed by atoms with Gasteiger partial charge in [0.1, 0.15) is 5.75 Å². The Bertz CT molecular complexity index is 570. The molecule has 0 aliphatic carbocycles. The van der Waals surface area contributed by atoms with Crippen LogP contribution in [-0.2, 0) is 14.3 Å². The Morgan fingerprint density at radius 2 is 1.87 bits per heavy atom. The van der Waals surface area contributed by atoms with E-state index in [-0.39, 0.29) is 11.7 Å². The van der Waals surface area contributed by atoms with Crippen LogP contribution in [0.4, 0.5) is 5.69 Å². The number of thiocarbonyl (C=S) groups is 1. The molecule has 1 aromatic carbocycles. The number of nitrogens with one attached hydrogen (secondary N) is 2. The highest BCUT2D eigenvalue weighted by atomic mass is 32.1. The van der Waals surface area contributed by atoms with Crippen molar-refractivity contribution in [3.63, 3.8) is 0 Å². The molecular weight excluding hydrogens is 316 g/mol. The Morgan fingerprint density at radius 3 is 2.48 bits per heavy atom. The quantitative estimate of drug-likeness (QED) is 0.452. The van der Waals surface area contributed by atoms with Gasteiger partial charge in [0, 0.05) is 17.8 Å². The van der Waals surface area contributed by atoms with E-state index in [1.807, 2.05) is 19.1 Å². The fourth-order valence-electron chi connectivity index (χ4n) is 1.50. The Labute approximate surface area is 140 Å². The van der Waals surface area contributed by atoms with Crippen LogP contribution in [0.1, 0.15) is 20.3 Å². The summed E-state index contributed by atoms with van der Waals surface area (Å²) < 4.78 is 10.1. The first-order valence-electron chi connectivity index (χ1n) is 7.24. The Kier molecular flexibility index (Phi) is 8.38. The Hall–Kier alpha value is -2.41. The minimum absolute atomic E-state index is 0.130. The molecular formula is C16H20N2O4S. The highest BCUT2D eigenvalue weighted by Crippen LogP contribution is 2.15. The van der Waals surface area contributed by atoms with Crippen molar-refractivity contribution < 1.29 is 19.1 Å². The number of anilines is 1. The zero-order chi connectivity index (χ0) is 17.1. The number of amides is 1. The van der Waals surface area contributed by atoms with Gasteiger partial charge in [-0.15, -0.1) is 0 Å². The van der Waals surface area contributed by atoms with E-state index in [4.69, 9.17) is 17.0 Å². The van der Waals surface area contributed by atoms with Crippen molar-refractivity contribution in [1.82, 2.24) is 5.32 Å². The molecule has 1 rings (SSSR count). The fourth-order valence-corrected chi connectivity index (χ4v) is 1.72. The lowest BCUT2D eigenvalue weighted by atomic mass is 10.3. The predicted molar refractivity (Wildman–Crippen MR) is 92.4 cm³/mol. The van der Waals surface area contributed by atoms with Gasteiger partial charge in [-0.25, -0.2) is 4.79 Å². The average Bonchev–Trinajstić information content (AvgIpc) is 2.52. The SMILES string of the molecule is CCCOc1ccc(NC(=S)NC(=O)/C=C/C(=O)OCC)cc1. The van der Waals surface area contributed by atoms with Crippen LogP contribution in [0, 0.1) is 0 Å². The van der Waals surface area contributed by atoms with Crippen LogP contribution in [0.15, 0.2) is 36.4 Å². The Balaban J connectivity index is 2.43. The summed E-state index contributed by atoms with van der Waals surface area (Å²) in [7, 11) is 0. The van der Waals surface area contributed by atoms with Gasteiger partial charge in [0.25, 0.3) is 0 Å². The van der Waals surface area contributed by atoms with Crippen molar-refractivity contribution in [3.8, 4) is 5.75 Å². The number of benzene rings is 1. The maximum Gasteiger partial charge on any atom is 0.330 e. The van der Waals surface area contributed by atoms with Crippen LogP contribution in [0.2, 0.25) is 0 Å². The first kappa shape index (κ1) is 18.6. The van der Waals surface area contributed by atoms with E-state index in [9.17, 15) is 9.59 Å². The first-order chi connectivity index (χ1) is 11.0. The van der Waals surface area contributed by atoms with Gasteiger partial charge in [0.2, 0.25) is 5.91 Å². The molecule has 7 heteroatoms. The summed E-state index contributed by atoms with van der Waals surface area (Å²) in [4.78, 5) is 22.7. The van der Waals surface area contributed by atoms with Gasteiger partial charge >= 0.3 is 5.97 Å². The fraction of sp³-hybridized carbons (Fsp3) is 0.312. The van der Waals surface area contributed by atoms with Gasteiger partial charge in [-0.2, -0.15) is 0 Å². The molecule has 1 aromatic rings. The zero-order valence-electron chi connectivity index (χ0n) is 13.1. The third-order valence-electron chi connectivity index (χ3n) is 2.48. The number of carbonyl (C=O) groups excluding carboxylic acids is 2. The minimum Gasteiger partial charge on any atom is -0.494 e. The number of esters is 1. The number of carbonyl (C=O) groups is 2. The standard InChI is InChI=1S/C16H20N2O4S/c1-3-11-22-13-7-5-12(6-8-13)17-16(23)18-14(19)9-10-15(20)21-4-2/h5-10H,3-4,11H2,1-2H3,(H2,17,18,19,23)/b10-9+. The lowest BCUT2D eigenvalue weighted by Crippen LogP contribution is -2.32. The molecule has 0 heterocycles. The normalized spacial score (nSPS) is 10.2. The summed E-state index contributed by atoms with van der Waals surface area (Å²) in [5, 5.41) is 5.42. The van der Waals surface area contributed by atoms with Crippen molar-refractivity contribution in [3.05, 3.63) is 36.4 Å². The van der Waals surface area contributed by atoms with Crippen LogP contribution < -0.4 is 15.4 Å². The third kappa shape index (κ3) is 7.96. The highest BCUT2D eigenvalue weighted by Gasteiger charge is 2.03. The molecule has 0 bridgehead atoms. The molecule has 0 radical (unpaired) electrons. The monoisotopic (exact) mass is 336 g/mol. The predicted octanol–water partition coefficient (Wildman–Crippen LogP) is 2.41. The van der Waals surface area contributed by atoms with Crippen molar-refractivity contribution in [2.45, 2.75) is 20.3 Å². The van der Waals surface area contributed by atoms with Gasteiger partial charge in [0.15, 0.2) is 5.11 Å². The summed E-state index contributed by atoms with van der Waals surface area (Å²) in [5.74, 6) is -0.327. The number of hydrogen-bond acceptors (Lipinski definition) is 5. The van der Waals surface area contributed by atoms with E-state index in [1.54, 1.807) is 19.1 Å². The van der Waals surface area contributed by atoms with Crippen molar-refractivity contribution >= 4 is 34.9 Å². The largest absolute Gasteiger partial charge is 0.494 e. The molecule has 0 aliphatic rings. The summed E-state index contributed by atoms with van der Waals surface area (Å²) in [6, 6.07) is 7.20.